The van der Waals surface area contributed by atoms with E-state index in [1.807, 2.05) is 6.92 Å². The smallest absolute Gasteiger partial charge is 0.342 e. The first-order valence-corrected chi connectivity index (χ1v) is 5.89. The van der Waals surface area contributed by atoms with Crippen molar-refractivity contribution in [3.05, 3.63) is 29.3 Å². The number of hydrogen-bond donors (Lipinski definition) is 2. The SMILES string of the molecule is CCOC(=O)C(F)[C@H](N)c1cccc(CC)c1O. The number of phenolic OH excluding ortho intramolecular Hbond substituents is 1. The summed E-state index contributed by atoms with van der Waals surface area (Å²) in [4.78, 5) is 11.3. The highest BCUT2D eigenvalue weighted by Crippen LogP contribution is 2.30. The zero-order valence-electron chi connectivity index (χ0n) is 10.5. The van der Waals surface area contributed by atoms with Gasteiger partial charge in [0.25, 0.3) is 0 Å². The predicted octanol–water partition coefficient (Wildman–Crippen LogP) is 1.86. The van der Waals surface area contributed by atoms with E-state index in [0.717, 1.165) is 0 Å². The molecule has 4 nitrogen and oxygen atoms in total. The molecule has 0 bridgehead atoms. The Labute approximate surface area is 106 Å². The molecule has 0 heterocycles. The van der Waals surface area contributed by atoms with Gasteiger partial charge in [0.05, 0.1) is 12.6 Å². The van der Waals surface area contributed by atoms with Crippen molar-refractivity contribution in [2.45, 2.75) is 32.5 Å². The van der Waals surface area contributed by atoms with Crippen LogP contribution in [-0.2, 0) is 16.0 Å². The van der Waals surface area contributed by atoms with Crippen molar-refractivity contribution < 1.29 is 19.0 Å². The summed E-state index contributed by atoms with van der Waals surface area (Å²) in [6.45, 7) is 3.54. The first kappa shape index (κ1) is 14.4. The molecule has 0 amide bonds. The number of carbonyl (C=O) groups excluding carboxylic acids is 1. The first-order chi connectivity index (χ1) is 8.52. The minimum absolute atomic E-state index is 0.0561. The molecule has 0 aliphatic rings. The number of benzene rings is 1. The molecule has 18 heavy (non-hydrogen) atoms. The second-order valence-corrected chi connectivity index (χ2v) is 3.89. The minimum Gasteiger partial charge on any atom is -0.507 e. The highest BCUT2D eigenvalue weighted by Gasteiger charge is 2.29. The molecule has 0 spiro atoms. The Morgan fingerprint density at radius 2 is 2.17 bits per heavy atom. The van der Waals surface area contributed by atoms with Gasteiger partial charge in [-0.1, -0.05) is 25.1 Å². The van der Waals surface area contributed by atoms with Crippen LogP contribution in [0.1, 0.15) is 31.0 Å². The van der Waals surface area contributed by atoms with Gasteiger partial charge in [0.2, 0.25) is 6.17 Å². The Morgan fingerprint density at radius 3 is 2.72 bits per heavy atom. The van der Waals surface area contributed by atoms with Gasteiger partial charge in [-0.3, -0.25) is 0 Å². The van der Waals surface area contributed by atoms with E-state index in [2.05, 4.69) is 4.74 Å². The highest BCUT2D eigenvalue weighted by atomic mass is 19.1. The van der Waals surface area contributed by atoms with Crippen LogP contribution in [0.5, 0.6) is 5.75 Å². The summed E-state index contributed by atoms with van der Waals surface area (Å²) in [7, 11) is 0. The van der Waals surface area contributed by atoms with E-state index in [4.69, 9.17) is 5.73 Å². The summed E-state index contributed by atoms with van der Waals surface area (Å²) < 4.78 is 18.3. The van der Waals surface area contributed by atoms with Crippen molar-refractivity contribution in [2.24, 2.45) is 5.73 Å². The minimum atomic E-state index is -1.98. The average Bonchev–Trinajstić information content (AvgIpc) is 2.37. The molecular formula is C13H18FNO3. The number of para-hydroxylation sites is 1. The number of aryl methyl sites for hydroxylation is 1. The molecule has 0 aliphatic heterocycles. The van der Waals surface area contributed by atoms with Gasteiger partial charge in [-0.05, 0) is 18.9 Å². The molecular weight excluding hydrogens is 237 g/mol. The normalized spacial score (nSPS) is 14.0. The fourth-order valence-corrected chi connectivity index (χ4v) is 1.69. The van der Waals surface area contributed by atoms with Crippen LogP contribution in [0.2, 0.25) is 0 Å². The molecule has 2 atom stereocenters. The number of nitrogens with two attached hydrogens (primary N) is 1. The van der Waals surface area contributed by atoms with E-state index in [9.17, 15) is 14.3 Å². The van der Waals surface area contributed by atoms with Gasteiger partial charge >= 0.3 is 5.97 Å². The monoisotopic (exact) mass is 255 g/mol. The van der Waals surface area contributed by atoms with E-state index in [1.165, 1.54) is 6.07 Å². The molecule has 1 aromatic carbocycles. The maximum atomic E-state index is 13.8. The van der Waals surface area contributed by atoms with E-state index < -0.39 is 18.2 Å². The lowest BCUT2D eigenvalue weighted by Gasteiger charge is -2.18. The molecule has 3 N–H and O–H groups in total. The van der Waals surface area contributed by atoms with Crippen LogP contribution in [0.4, 0.5) is 4.39 Å². The molecule has 1 rings (SSSR count). The van der Waals surface area contributed by atoms with Gasteiger partial charge < -0.3 is 15.6 Å². The largest absolute Gasteiger partial charge is 0.507 e. The summed E-state index contributed by atoms with van der Waals surface area (Å²) in [5, 5.41) is 9.92. The standard InChI is InChI=1S/C13H18FNO3/c1-3-8-6-5-7-9(12(8)16)11(15)10(14)13(17)18-4-2/h5-7,10-11,16H,3-4,15H2,1-2H3/t10?,11-/m1/s1. The topological polar surface area (TPSA) is 72.5 Å². The zero-order valence-corrected chi connectivity index (χ0v) is 10.5. The van der Waals surface area contributed by atoms with Crippen LogP contribution in [0.3, 0.4) is 0 Å². The Hall–Kier alpha value is -1.62. The number of esters is 1. The quantitative estimate of drug-likeness (QED) is 0.788. The van der Waals surface area contributed by atoms with Gasteiger partial charge in [-0.2, -0.15) is 0 Å². The third kappa shape index (κ3) is 2.98. The fraction of sp³-hybridized carbons (Fsp3) is 0.462. The Kier molecular flexibility index (Phi) is 5.09. The van der Waals surface area contributed by atoms with Crippen molar-refractivity contribution in [1.82, 2.24) is 0 Å². The second kappa shape index (κ2) is 6.35. The summed E-state index contributed by atoms with van der Waals surface area (Å²) in [6.07, 6.45) is -1.38. The van der Waals surface area contributed by atoms with Crippen LogP contribution in [0.25, 0.3) is 0 Å². The van der Waals surface area contributed by atoms with Crippen LogP contribution in [0, 0.1) is 0 Å². The molecule has 0 fully saturated rings. The number of halogens is 1. The van der Waals surface area contributed by atoms with Gasteiger partial charge in [-0.25, -0.2) is 9.18 Å². The molecule has 0 radical (unpaired) electrons. The lowest BCUT2D eigenvalue weighted by Crippen LogP contribution is -2.31. The van der Waals surface area contributed by atoms with Crippen molar-refractivity contribution in [2.75, 3.05) is 6.61 Å². The lowest BCUT2D eigenvalue weighted by molar-refractivity contribution is -0.149. The fourth-order valence-electron chi connectivity index (χ4n) is 1.69. The number of aromatic hydroxyl groups is 1. The van der Waals surface area contributed by atoms with Crippen molar-refractivity contribution in [1.29, 1.82) is 0 Å². The summed E-state index contributed by atoms with van der Waals surface area (Å²) in [6, 6.07) is 3.68. The highest BCUT2D eigenvalue weighted by molar-refractivity contribution is 5.76. The maximum absolute atomic E-state index is 13.8. The number of carbonyl (C=O) groups is 1. The molecule has 5 heteroatoms. The molecule has 1 unspecified atom stereocenters. The summed E-state index contributed by atoms with van der Waals surface area (Å²) >= 11 is 0. The Morgan fingerprint density at radius 1 is 1.50 bits per heavy atom. The molecule has 0 aliphatic carbocycles. The van der Waals surface area contributed by atoms with E-state index in [0.29, 0.717) is 12.0 Å². The molecule has 1 aromatic rings. The molecule has 0 aromatic heterocycles. The van der Waals surface area contributed by atoms with Crippen molar-refractivity contribution in [3.63, 3.8) is 0 Å². The third-order valence-corrected chi connectivity index (χ3v) is 2.72. The maximum Gasteiger partial charge on any atom is 0.342 e. The number of phenols is 1. The summed E-state index contributed by atoms with van der Waals surface area (Å²) in [5.74, 6) is -1.06. The lowest BCUT2D eigenvalue weighted by atomic mass is 9.98. The zero-order chi connectivity index (χ0) is 13.7. The number of alkyl halides is 1. The van der Waals surface area contributed by atoms with Gasteiger partial charge in [-0.15, -0.1) is 0 Å². The van der Waals surface area contributed by atoms with Crippen LogP contribution < -0.4 is 5.73 Å². The predicted molar refractivity (Wildman–Crippen MR) is 65.9 cm³/mol. The molecule has 100 valence electrons. The second-order valence-electron chi connectivity index (χ2n) is 3.89. The van der Waals surface area contributed by atoms with E-state index in [1.54, 1.807) is 19.1 Å². The molecule has 0 saturated carbocycles. The van der Waals surface area contributed by atoms with E-state index >= 15 is 0 Å². The van der Waals surface area contributed by atoms with Crippen LogP contribution in [-0.4, -0.2) is 23.9 Å². The Balaban J connectivity index is 2.96. The number of rotatable bonds is 5. The van der Waals surface area contributed by atoms with Crippen LogP contribution in [0.15, 0.2) is 18.2 Å². The third-order valence-electron chi connectivity index (χ3n) is 2.72. The van der Waals surface area contributed by atoms with Gasteiger partial charge in [0, 0.05) is 5.56 Å². The van der Waals surface area contributed by atoms with E-state index in [-0.39, 0.29) is 17.9 Å². The average molecular weight is 255 g/mol. The van der Waals surface area contributed by atoms with Gasteiger partial charge in [0.15, 0.2) is 0 Å². The van der Waals surface area contributed by atoms with Crippen LogP contribution >= 0.6 is 0 Å². The Bertz CT molecular complexity index is 423. The van der Waals surface area contributed by atoms with Gasteiger partial charge in [0.1, 0.15) is 5.75 Å². The molecule has 0 saturated heterocycles. The number of hydrogen-bond acceptors (Lipinski definition) is 4. The van der Waals surface area contributed by atoms with Crippen molar-refractivity contribution >= 4 is 5.97 Å². The first-order valence-electron chi connectivity index (χ1n) is 5.89. The van der Waals surface area contributed by atoms with Crippen molar-refractivity contribution in [3.8, 4) is 5.75 Å². The summed E-state index contributed by atoms with van der Waals surface area (Å²) in [5.41, 5.74) is 6.54. The number of ether oxygens (including phenoxy) is 1.